The van der Waals surface area contributed by atoms with Crippen LogP contribution in [0.4, 0.5) is 0 Å². The number of rotatable bonds is 17. The fourth-order valence-electron chi connectivity index (χ4n) is 7.23. The first-order chi connectivity index (χ1) is 28.1. The first-order valence-electron chi connectivity index (χ1n) is 20.2. The molecule has 0 amide bonds. The van der Waals surface area contributed by atoms with Gasteiger partial charge in [0.15, 0.2) is 0 Å². The van der Waals surface area contributed by atoms with Crippen LogP contribution in [0.25, 0.3) is 0 Å². The highest BCUT2D eigenvalue weighted by Gasteiger charge is 2.49. The van der Waals surface area contributed by atoms with Crippen LogP contribution in [0.5, 0.6) is 0 Å². The Morgan fingerprint density at radius 3 is 1.55 bits per heavy atom. The summed E-state index contributed by atoms with van der Waals surface area (Å²) in [7, 11) is 0. The van der Waals surface area contributed by atoms with Gasteiger partial charge in [0.1, 0.15) is 30.5 Å². The number of hydrogen-bond donors (Lipinski definition) is 0. The van der Waals surface area contributed by atoms with Crippen molar-refractivity contribution in [3.05, 3.63) is 213 Å². The van der Waals surface area contributed by atoms with E-state index < -0.39 is 30.5 Å². The smallest absolute Gasteiger partial charge is 0.117 e. The predicted molar refractivity (Wildman–Crippen MR) is 224 cm³/mol. The van der Waals surface area contributed by atoms with Gasteiger partial charge in [0.05, 0.1) is 33.0 Å². The van der Waals surface area contributed by atoms with Gasteiger partial charge in [-0.3, -0.25) is 0 Å². The Balaban J connectivity index is 1.29. The normalized spacial score (nSPS) is 19.8. The molecule has 0 bridgehead atoms. The van der Waals surface area contributed by atoms with Crippen molar-refractivity contribution in [2.75, 3.05) is 6.61 Å². The van der Waals surface area contributed by atoms with Crippen LogP contribution in [0.3, 0.4) is 0 Å². The van der Waals surface area contributed by atoms with Crippen molar-refractivity contribution in [1.82, 2.24) is 0 Å². The molecule has 0 aliphatic carbocycles. The average molecular weight is 768 g/mol. The molecule has 1 aliphatic heterocycles. The molecule has 0 saturated carbocycles. The fourth-order valence-corrected chi connectivity index (χ4v) is 7.48. The van der Waals surface area contributed by atoms with E-state index in [4.69, 9.17) is 36.7 Å². The highest BCUT2D eigenvalue weighted by molar-refractivity contribution is 6.31. The molecule has 1 heterocycles. The lowest BCUT2D eigenvalue weighted by atomic mass is 9.87. The monoisotopic (exact) mass is 767 g/mol. The van der Waals surface area contributed by atoms with Crippen LogP contribution in [0.2, 0.25) is 5.02 Å². The summed E-state index contributed by atoms with van der Waals surface area (Å²) in [4.78, 5) is 0. The Bertz CT molecular complexity index is 2080. The highest BCUT2D eigenvalue weighted by Crippen LogP contribution is 2.41. The minimum Gasteiger partial charge on any atom is -0.374 e. The zero-order chi connectivity index (χ0) is 39.2. The van der Waals surface area contributed by atoms with Gasteiger partial charge in [-0.1, -0.05) is 170 Å². The van der Waals surface area contributed by atoms with Crippen LogP contribution in [-0.4, -0.2) is 31.0 Å². The second kappa shape index (κ2) is 20.0. The SMILES string of the molecule is [2H]Cc1cc(Cl)c(Cc2ccc(CC)cc2)cc1[C@@H]1O[C@H](COCc2ccccc2)[C@@H](OCc2ccccc2)[C@H](OCc2ccccc2)[C@H]1OCc1ccccc1. The maximum absolute atomic E-state index is 8.70. The van der Waals surface area contributed by atoms with E-state index in [0.717, 1.165) is 50.9 Å². The topological polar surface area (TPSA) is 46.2 Å². The van der Waals surface area contributed by atoms with Gasteiger partial charge in [-0.15, -0.1) is 0 Å². The molecule has 0 N–H and O–H groups in total. The Morgan fingerprint density at radius 1 is 0.554 bits per heavy atom. The van der Waals surface area contributed by atoms with E-state index in [9.17, 15) is 0 Å². The summed E-state index contributed by atoms with van der Waals surface area (Å²) in [5.41, 5.74) is 9.21. The molecule has 56 heavy (non-hydrogen) atoms. The van der Waals surface area contributed by atoms with E-state index >= 15 is 0 Å². The fraction of sp³-hybridized carbons (Fsp3) is 0.280. The molecule has 0 radical (unpaired) electrons. The molecule has 1 fully saturated rings. The van der Waals surface area contributed by atoms with Gasteiger partial charge >= 0.3 is 0 Å². The molecule has 6 heteroatoms. The number of benzene rings is 6. The number of ether oxygens (including phenoxy) is 5. The second-order valence-corrected chi connectivity index (χ2v) is 14.8. The van der Waals surface area contributed by atoms with Crippen LogP contribution < -0.4 is 0 Å². The van der Waals surface area contributed by atoms with E-state index in [1.807, 2.05) is 78.9 Å². The predicted octanol–water partition coefficient (Wildman–Crippen LogP) is 11.2. The highest BCUT2D eigenvalue weighted by atomic mass is 35.5. The Labute approximate surface area is 338 Å². The summed E-state index contributed by atoms with van der Waals surface area (Å²) >= 11 is 7.01. The minimum absolute atomic E-state index is 0.0183. The third-order valence-corrected chi connectivity index (χ3v) is 10.7. The van der Waals surface area contributed by atoms with Crippen molar-refractivity contribution in [3.63, 3.8) is 0 Å². The molecule has 0 aromatic heterocycles. The van der Waals surface area contributed by atoms with E-state index in [1.54, 1.807) is 0 Å². The summed E-state index contributed by atoms with van der Waals surface area (Å²) in [6.07, 6.45) is -1.33. The third kappa shape index (κ3) is 10.6. The average Bonchev–Trinajstić information content (AvgIpc) is 3.26. The molecule has 1 aliphatic rings. The maximum atomic E-state index is 8.70. The molecule has 0 spiro atoms. The molecular formula is C50H51ClO5. The van der Waals surface area contributed by atoms with Gasteiger partial charge in [-0.25, -0.2) is 0 Å². The third-order valence-electron chi connectivity index (χ3n) is 10.3. The van der Waals surface area contributed by atoms with E-state index in [1.165, 1.54) is 5.56 Å². The number of hydrogen-bond acceptors (Lipinski definition) is 5. The van der Waals surface area contributed by atoms with Gasteiger partial charge in [-0.05, 0) is 75.9 Å². The van der Waals surface area contributed by atoms with E-state index in [2.05, 4.69) is 85.8 Å². The molecule has 6 aromatic rings. The zero-order valence-electron chi connectivity index (χ0n) is 33.0. The van der Waals surface area contributed by atoms with E-state index in [0.29, 0.717) is 37.9 Å². The first-order valence-corrected chi connectivity index (χ1v) is 19.9. The molecule has 6 aromatic carbocycles. The molecule has 0 unspecified atom stereocenters. The molecule has 7 rings (SSSR count). The quantitative estimate of drug-likeness (QED) is 0.0925. The van der Waals surface area contributed by atoms with Crippen LogP contribution in [0, 0.1) is 6.90 Å². The summed E-state index contributed by atoms with van der Waals surface area (Å²) in [6, 6.07) is 53.3. The first kappa shape index (κ1) is 38.3. The molecule has 1 saturated heterocycles. The van der Waals surface area contributed by atoms with Crippen LogP contribution in [0.1, 0.15) is 64.5 Å². The molecule has 5 nitrogen and oxygen atoms in total. The summed E-state index contributed by atoms with van der Waals surface area (Å²) in [5, 5.41) is 0.627. The van der Waals surface area contributed by atoms with Crippen LogP contribution in [0.15, 0.2) is 158 Å². The van der Waals surface area contributed by atoms with Gasteiger partial charge in [-0.2, -0.15) is 0 Å². The van der Waals surface area contributed by atoms with Gasteiger partial charge in [0.2, 0.25) is 0 Å². The Kier molecular flexibility index (Phi) is 13.7. The van der Waals surface area contributed by atoms with Crippen molar-refractivity contribution in [1.29, 1.82) is 0 Å². The van der Waals surface area contributed by atoms with E-state index in [-0.39, 0.29) is 13.5 Å². The Hall–Kier alpha value is -4.59. The second-order valence-electron chi connectivity index (χ2n) is 14.4. The van der Waals surface area contributed by atoms with Crippen molar-refractivity contribution in [2.24, 2.45) is 0 Å². The van der Waals surface area contributed by atoms with Crippen molar-refractivity contribution < 1.29 is 25.1 Å². The molecule has 288 valence electrons. The van der Waals surface area contributed by atoms with Gasteiger partial charge in [0.25, 0.3) is 0 Å². The summed E-state index contributed by atoms with van der Waals surface area (Å²) < 4.78 is 43.2. The van der Waals surface area contributed by atoms with Crippen molar-refractivity contribution in [3.8, 4) is 0 Å². The molecule has 5 atom stereocenters. The van der Waals surface area contributed by atoms with Crippen molar-refractivity contribution in [2.45, 2.75) is 83.6 Å². The van der Waals surface area contributed by atoms with Gasteiger partial charge in [0, 0.05) is 6.39 Å². The standard InChI is InChI=1S/C50H51ClO5/c1-3-37-24-26-38(27-25-37)29-43-30-44(36(2)28-45(43)51)47-49(54-33-41-20-12-6-13-21-41)50(55-34-42-22-14-7-15-23-42)48(53-32-40-18-10-5-11-19-40)46(56-47)35-52-31-39-16-8-4-9-17-39/h4-28,30,46-50H,3,29,31-35H2,1-2H3/t46-,47+,48-,49+,50+/m1/s1/i2D. The minimum atomic E-state index is -0.629. The summed E-state index contributed by atoms with van der Waals surface area (Å²) in [6.45, 7) is 3.87. The Morgan fingerprint density at radius 2 is 1.04 bits per heavy atom. The lowest BCUT2D eigenvalue weighted by molar-refractivity contribution is -0.275. The molecular weight excluding hydrogens is 716 g/mol. The lowest BCUT2D eigenvalue weighted by Gasteiger charge is -2.47. The van der Waals surface area contributed by atoms with Gasteiger partial charge < -0.3 is 23.7 Å². The lowest BCUT2D eigenvalue weighted by Crippen LogP contribution is -2.58. The largest absolute Gasteiger partial charge is 0.374 e. The van der Waals surface area contributed by atoms with Crippen LogP contribution in [-0.2, 0) is 63.0 Å². The summed E-state index contributed by atoms with van der Waals surface area (Å²) in [5.74, 6) is 0. The maximum Gasteiger partial charge on any atom is 0.117 e. The number of halogens is 1. The zero-order valence-corrected chi connectivity index (χ0v) is 32.7. The number of aryl methyl sites for hydroxylation is 2. The van der Waals surface area contributed by atoms with Crippen molar-refractivity contribution >= 4 is 11.6 Å². The van der Waals surface area contributed by atoms with Crippen LogP contribution >= 0.6 is 11.6 Å².